The van der Waals surface area contributed by atoms with Crippen molar-refractivity contribution in [2.45, 2.75) is 13.3 Å². The number of ether oxygens (including phenoxy) is 1. The van der Waals surface area contributed by atoms with E-state index in [2.05, 4.69) is 46.9 Å². The summed E-state index contributed by atoms with van der Waals surface area (Å²) in [6, 6.07) is 6.46. The molecule has 3 N–H and O–H groups in total. The summed E-state index contributed by atoms with van der Waals surface area (Å²) < 4.78 is 4.96. The minimum Gasteiger partial charge on any atom is -0.383 e. The van der Waals surface area contributed by atoms with Crippen LogP contribution in [0, 0.1) is 6.92 Å². The molecular formula is C15H21N3OS. The quantitative estimate of drug-likeness (QED) is 0.564. The van der Waals surface area contributed by atoms with Gasteiger partial charge in [0.05, 0.1) is 6.61 Å². The third-order valence-electron chi connectivity index (χ3n) is 3.19. The SMILES string of the molecule is COCCNC(=S)NCCc1c[nH]c2ccc(C)cc12. The van der Waals surface area contributed by atoms with Gasteiger partial charge in [0.15, 0.2) is 5.11 Å². The molecule has 5 heteroatoms. The van der Waals surface area contributed by atoms with Gasteiger partial charge in [-0.15, -0.1) is 0 Å². The highest BCUT2D eigenvalue weighted by atomic mass is 32.1. The number of hydrogen-bond acceptors (Lipinski definition) is 2. The first-order chi connectivity index (χ1) is 9.70. The molecule has 0 amide bonds. The normalized spacial score (nSPS) is 10.7. The van der Waals surface area contributed by atoms with Gasteiger partial charge in [-0.3, -0.25) is 0 Å². The summed E-state index contributed by atoms with van der Waals surface area (Å²) in [6.45, 7) is 4.32. The summed E-state index contributed by atoms with van der Waals surface area (Å²) in [6.07, 6.45) is 3.02. The van der Waals surface area contributed by atoms with Crippen LogP contribution in [0.2, 0.25) is 0 Å². The van der Waals surface area contributed by atoms with E-state index in [1.807, 2.05) is 0 Å². The molecule has 2 aromatic rings. The fourth-order valence-electron chi connectivity index (χ4n) is 2.14. The lowest BCUT2D eigenvalue weighted by Gasteiger charge is -2.09. The van der Waals surface area contributed by atoms with Crippen molar-refractivity contribution in [1.82, 2.24) is 15.6 Å². The Morgan fingerprint density at radius 3 is 2.90 bits per heavy atom. The molecular weight excluding hydrogens is 270 g/mol. The van der Waals surface area contributed by atoms with E-state index in [0.29, 0.717) is 11.7 Å². The monoisotopic (exact) mass is 291 g/mol. The van der Waals surface area contributed by atoms with Crippen molar-refractivity contribution in [2.24, 2.45) is 0 Å². The predicted octanol–water partition coefficient (Wildman–Crippen LogP) is 2.13. The maximum absolute atomic E-state index is 5.19. The van der Waals surface area contributed by atoms with Gasteiger partial charge in [-0.2, -0.15) is 0 Å². The first-order valence-corrected chi connectivity index (χ1v) is 7.19. The molecule has 108 valence electrons. The number of methoxy groups -OCH3 is 1. The lowest BCUT2D eigenvalue weighted by atomic mass is 10.1. The fraction of sp³-hybridized carbons (Fsp3) is 0.400. The van der Waals surface area contributed by atoms with Gasteiger partial charge in [0, 0.05) is 37.3 Å². The predicted molar refractivity (Wildman–Crippen MR) is 87.2 cm³/mol. The number of nitrogens with one attached hydrogen (secondary N) is 3. The van der Waals surface area contributed by atoms with Crippen LogP contribution in [-0.2, 0) is 11.2 Å². The maximum atomic E-state index is 5.19. The van der Waals surface area contributed by atoms with E-state index in [0.717, 1.165) is 19.5 Å². The topological polar surface area (TPSA) is 49.1 Å². The first-order valence-electron chi connectivity index (χ1n) is 6.78. The smallest absolute Gasteiger partial charge is 0.166 e. The zero-order valence-electron chi connectivity index (χ0n) is 12.0. The van der Waals surface area contributed by atoms with Gasteiger partial charge in [-0.05, 0) is 43.3 Å². The Hall–Kier alpha value is -1.59. The lowest BCUT2D eigenvalue weighted by molar-refractivity contribution is 0.204. The van der Waals surface area contributed by atoms with Crippen molar-refractivity contribution >= 4 is 28.2 Å². The summed E-state index contributed by atoms with van der Waals surface area (Å²) in [7, 11) is 1.68. The summed E-state index contributed by atoms with van der Waals surface area (Å²) in [5, 5.41) is 8.28. The van der Waals surface area contributed by atoms with Crippen LogP contribution >= 0.6 is 12.2 Å². The van der Waals surface area contributed by atoms with Gasteiger partial charge < -0.3 is 20.4 Å². The van der Waals surface area contributed by atoms with Gasteiger partial charge in [-0.1, -0.05) is 11.6 Å². The molecule has 20 heavy (non-hydrogen) atoms. The van der Waals surface area contributed by atoms with Crippen LogP contribution in [0.1, 0.15) is 11.1 Å². The average Bonchev–Trinajstić information content (AvgIpc) is 2.82. The van der Waals surface area contributed by atoms with Gasteiger partial charge in [0.1, 0.15) is 0 Å². The van der Waals surface area contributed by atoms with Crippen molar-refractivity contribution < 1.29 is 4.74 Å². The van der Waals surface area contributed by atoms with Crippen LogP contribution in [0.5, 0.6) is 0 Å². The van der Waals surface area contributed by atoms with E-state index in [9.17, 15) is 0 Å². The number of benzene rings is 1. The molecule has 1 aromatic carbocycles. The average molecular weight is 291 g/mol. The van der Waals surface area contributed by atoms with Crippen LogP contribution in [0.15, 0.2) is 24.4 Å². The van der Waals surface area contributed by atoms with E-state index in [-0.39, 0.29) is 0 Å². The minimum absolute atomic E-state index is 0.656. The number of thiocarbonyl (C=S) groups is 1. The Labute approximate surface area is 124 Å². The third kappa shape index (κ3) is 3.95. The second-order valence-electron chi connectivity index (χ2n) is 4.79. The fourth-order valence-corrected chi connectivity index (χ4v) is 2.34. The van der Waals surface area contributed by atoms with Gasteiger partial charge in [0.2, 0.25) is 0 Å². The molecule has 0 aliphatic rings. The van der Waals surface area contributed by atoms with Gasteiger partial charge in [-0.25, -0.2) is 0 Å². The zero-order valence-corrected chi connectivity index (χ0v) is 12.8. The minimum atomic E-state index is 0.656. The van der Waals surface area contributed by atoms with E-state index < -0.39 is 0 Å². The molecule has 2 rings (SSSR count). The molecule has 4 nitrogen and oxygen atoms in total. The number of hydrogen-bond donors (Lipinski definition) is 3. The second kappa shape index (κ2) is 7.26. The molecule has 0 radical (unpaired) electrons. The lowest BCUT2D eigenvalue weighted by Crippen LogP contribution is -2.37. The van der Waals surface area contributed by atoms with Crippen LogP contribution in [0.25, 0.3) is 10.9 Å². The highest BCUT2D eigenvalue weighted by molar-refractivity contribution is 7.80. The van der Waals surface area contributed by atoms with Crippen molar-refractivity contribution in [3.63, 3.8) is 0 Å². The number of H-pyrrole nitrogens is 1. The third-order valence-corrected chi connectivity index (χ3v) is 3.48. The molecule has 0 aliphatic carbocycles. The van der Waals surface area contributed by atoms with Crippen LogP contribution in [-0.4, -0.2) is 36.9 Å². The van der Waals surface area contributed by atoms with E-state index in [1.54, 1.807) is 7.11 Å². The second-order valence-corrected chi connectivity index (χ2v) is 5.20. The molecule has 0 spiro atoms. The molecule has 0 unspecified atom stereocenters. The summed E-state index contributed by atoms with van der Waals surface area (Å²) in [5.74, 6) is 0. The largest absolute Gasteiger partial charge is 0.383 e. The maximum Gasteiger partial charge on any atom is 0.166 e. The van der Waals surface area contributed by atoms with Gasteiger partial charge >= 0.3 is 0 Å². The summed E-state index contributed by atoms with van der Waals surface area (Å²) in [5.41, 5.74) is 3.78. The molecule has 0 atom stereocenters. The number of aromatic nitrogens is 1. The Morgan fingerprint density at radius 1 is 1.30 bits per heavy atom. The zero-order chi connectivity index (χ0) is 14.4. The van der Waals surface area contributed by atoms with Crippen molar-refractivity contribution in [3.05, 3.63) is 35.5 Å². The van der Waals surface area contributed by atoms with Crippen molar-refractivity contribution in [3.8, 4) is 0 Å². The standard InChI is InChI=1S/C15H21N3OS/c1-11-3-4-14-13(9-11)12(10-18-14)5-6-16-15(20)17-7-8-19-2/h3-4,9-10,18H,5-8H2,1-2H3,(H2,16,17,20). The molecule has 0 bridgehead atoms. The molecule has 0 saturated carbocycles. The number of fused-ring (bicyclic) bond motifs is 1. The number of aromatic amines is 1. The first kappa shape index (κ1) is 14.8. The molecule has 1 aromatic heterocycles. The Balaban J connectivity index is 1.84. The number of rotatable bonds is 6. The Kier molecular flexibility index (Phi) is 5.38. The van der Waals surface area contributed by atoms with Gasteiger partial charge in [0.25, 0.3) is 0 Å². The summed E-state index contributed by atoms with van der Waals surface area (Å²) in [4.78, 5) is 3.30. The van der Waals surface area contributed by atoms with Crippen molar-refractivity contribution in [1.29, 1.82) is 0 Å². The van der Waals surface area contributed by atoms with Crippen LogP contribution in [0.4, 0.5) is 0 Å². The number of aryl methyl sites for hydroxylation is 1. The van der Waals surface area contributed by atoms with E-state index in [1.165, 1.54) is 22.0 Å². The Morgan fingerprint density at radius 2 is 2.10 bits per heavy atom. The summed E-state index contributed by atoms with van der Waals surface area (Å²) >= 11 is 5.19. The van der Waals surface area contributed by atoms with E-state index >= 15 is 0 Å². The van der Waals surface area contributed by atoms with Crippen LogP contribution in [0.3, 0.4) is 0 Å². The van der Waals surface area contributed by atoms with Crippen molar-refractivity contribution in [2.75, 3.05) is 26.8 Å². The van der Waals surface area contributed by atoms with Crippen LogP contribution < -0.4 is 10.6 Å². The molecule has 0 saturated heterocycles. The Bertz CT molecular complexity index is 580. The highest BCUT2D eigenvalue weighted by Crippen LogP contribution is 2.19. The van der Waals surface area contributed by atoms with E-state index in [4.69, 9.17) is 17.0 Å². The molecule has 0 aliphatic heterocycles. The molecule has 0 fully saturated rings. The highest BCUT2D eigenvalue weighted by Gasteiger charge is 2.04. The molecule has 1 heterocycles.